The molecule has 0 aliphatic carbocycles. The fourth-order valence-corrected chi connectivity index (χ4v) is 2.62. The average Bonchev–Trinajstić information content (AvgIpc) is 3.19. The van der Waals surface area contributed by atoms with E-state index < -0.39 is 0 Å². The third-order valence-electron chi connectivity index (χ3n) is 2.90. The first kappa shape index (κ1) is 13.0. The zero-order valence-electron chi connectivity index (χ0n) is 10.7. The highest BCUT2D eigenvalue weighted by Gasteiger charge is 2.17. The molecular formula is C13H14N4O2S. The van der Waals surface area contributed by atoms with Crippen molar-refractivity contribution in [3.05, 3.63) is 46.3 Å². The first-order chi connectivity index (χ1) is 9.81. The lowest BCUT2D eigenvalue weighted by molar-refractivity contribution is -0.122. The van der Waals surface area contributed by atoms with Gasteiger partial charge in [0.15, 0.2) is 5.82 Å². The lowest BCUT2D eigenvalue weighted by Gasteiger charge is -2.08. The fourth-order valence-electron chi connectivity index (χ4n) is 1.92. The molecule has 104 valence electrons. The molecule has 20 heavy (non-hydrogen) atoms. The van der Waals surface area contributed by atoms with E-state index in [0.29, 0.717) is 18.1 Å². The zero-order valence-corrected chi connectivity index (χ0v) is 11.5. The molecule has 2 aromatic heterocycles. The number of amides is 1. The molecule has 1 aliphatic heterocycles. The number of carbonyl (C=O) groups is 1. The summed E-state index contributed by atoms with van der Waals surface area (Å²) < 4.78 is 5.16. The molecule has 0 saturated carbocycles. The molecule has 7 heteroatoms. The molecule has 0 saturated heterocycles. The molecule has 0 spiro atoms. The van der Waals surface area contributed by atoms with E-state index in [0.717, 1.165) is 6.54 Å². The summed E-state index contributed by atoms with van der Waals surface area (Å²) in [5, 5.41) is 11.7. The maximum atomic E-state index is 11.8. The summed E-state index contributed by atoms with van der Waals surface area (Å²) in [5.74, 6) is 0.978. The molecule has 0 radical (unpaired) electrons. The minimum Gasteiger partial charge on any atom is -0.347 e. The van der Waals surface area contributed by atoms with E-state index in [1.165, 1.54) is 4.88 Å². The van der Waals surface area contributed by atoms with Crippen LogP contribution in [0.25, 0.3) is 0 Å². The number of hydrogen-bond acceptors (Lipinski definition) is 6. The molecule has 3 heterocycles. The summed E-state index contributed by atoms with van der Waals surface area (Å²) in [7, 11) is 0. The number of thiophene rings is 1. The van der Waals surface area contributed by atoms with Crippen LogP contribution in [-0.2, 0) is 17.8 Å². The van der Waals surface area contributed by atoms with Crippen molar-refractivity contribution >= 4 is 17.2 Å². The third kappa shape index (κ3) is 3.12. The van der Waals surface area contributed by atoms with Gasteiger partial charge in [0.25, 0.3) is 0 Å². The Morgan fingerprint density at radius 3 is 3.30 bits per heavy atom. The van der Waals surface area contributed by atoms with Crippen molar-refractivity contribution in [1.82, 2.24) is 20.8 Å². The van der Waals surface area contributed by atoms with Crippen LogP contribution in [0.4, 0.5) is 0 Å². The van der Waals surface area contributed by atoms with Crippen molar-refractivity contribution in [3.8, 4) is 0 Å². The largest absolute Gasteiger partial charge is 0.347 e. The second-order valence-electron chi connectivity index (χ2n) is 4.39. The van der Waals surface area contributed by atoms with Gasteiger partial charge in [-0.15, -0.1) is 11.3 Å². The maximum absolute atomic E-state index is 11.8. The van der Waals surface area contributed by atoms with Crippen LogP contribution in [0.2, 0.25) is 0 Å². The molecule has 3 rings (SSSR count). The van der Waals surface area contributed by atoms with E-state index >= 15 is 0 Å². The number of nitrogens with zero attached hydrogens (tertiary/aromatic N) is 2. The molecule has 2 aromatic rings. The highest BCUT2D eigenvalue weighted by atomic mass is 32.1. The second kappa shape index (κ2) is 5.98. The summed E-state index contributed by atoms with van der Waals surface area (Å²) in [6.07, 6.45) is 4.40. The summed E-state index contributed by atoms with van der Waals surface area (Å²) in [5.41, 5.74) is 0. The van der Waals surface area contributed by atoms with Crippen LogP contribution in [0.15, 0.2) is 34.2 Å². The van der Waals surface area contributed by atoms with Gasteiger partial charge in [0, 0.05) is 11.4 Å². The van der Waals surface area contributed by atoms with Gasteiger partial charge in [-0.05, 0) is 11.4 Å². The van der Waals surface area contributed by atoms with E-state index in [1.54, 1.807) is 11.3 Å². The van der Waals surface area contributed by atoms with Crippen molar-refractivity contribution in [2.45, 2.75) is 19.0 Å². The number of rotatable bonds is 5. The lowest BCUT2D eigenvalue weighted by Crippen LogP contribution is -2.40. The minimum atomic E-state index is -0.257. The monoisotopic (exact) mass is 290 g/mol. The van der Waals surface area contributed by atoms with Gasteiger partial charge >= 0.3 is 0 Å². The van der Waals surface area contributed by atoms with Crippen molar-refractivity contribution < 1.29 is 9.32 Å². The van der Waals surface area contributed by atoms with E-state index in [1.807, 2.05) is 29.7 Å². The Labute approximate surface area is 119 Å². The summed E-state index contributed by atoms with van der Waals surface area (Å²) in [4.78, 5) is 17.2. The van der Waals surface area contributed by atoms with E-state index in [2.05, 4.69) is 20.8 Å². The summed E-state index contributed by atoms with van der Waals surface area (Å²) >= 11 is 1.65. The number of nitrogens with one attached hydrogen (secondary N) is 2. The molecule has 1 aliphatic rings. The highest BCUT2D eigenvalue weighted by molar-refractivity contribution is 7.09. The Bertz CT molecular complexity index is 606. The molecular weight excluding hydrogens is 276 g/mol. The van der Waals surface area contributed by atoms with Crippen LogP contribution >= 0.6 is 11.3 Å². The van der Waals surface area contributed by atoms with Gasteiger partial charge in [-0.1, -0.05) is 23.4 Å². The third-order valence-corrected chi connectivity index (χ3v) is 3.78. The molecule has 1 amide bonds. The van der Waals surface area contributed by atoms with Gasteiger partial charge in [-0.25, -0.2) is 0 Å². The SMILES string of the molecule is O=C(NCc1noc(Cc2cccs2)n1)C1C=CCN1. The quantitative estimate of drug-likeness (QED) is 0.799. The Morgan fingerprint density at radius 2 is 2.55 bits per heavy atom. The highest BCUT2D eigenvalue weighted by Crippen LogP contribution is 2.13. The van der Waals surface area contributed by atoms with Gasteiger partial charge in [-0.2, -0.15) is 4.98 Å². The number of carbonyl (C=O) groups excluding carboxylic acids is 1. The predicted octanol–water partition coefficient (Wildman–Crippen LogP) is 0.866. The van der Waals surface area contributed by atoms with Gasteiger partial charge in [0.2, 0.25) is 11.8 Å². The second-order valence-corrected chi connectivity index (χ2v) is 5.42. The topological polar surface area (TPSA) is 80.1 Å². The van der Waals surface area contributed by atoms with E-state index in [4.69, 9.17) is 4.52 Å². The smallest absolute Gasteiger partial charge is 0.241 e. The Hall–Kier alpha value is -1.99. The Balaban J connectivity index is 1.52. The first-order valence-electron chi connectivity index (χ1n) is 6.33. The van der Waals surface area contributed by atoms with Crippen LogP contribution < -0.4 is 10.6 Å². The van der Waals surface area contributed by atoms with Crippen LogP contribution in [0, 0.1) is 0 Å². The van der Waals surface area contributed by atoms with Crippen molar-refractivity contribution in [2.24, 2.45) is 0 Å². The van der Waals surface area contributed by atoms with Crippen molar-refractivity contribution in [3.63, 3.8) is 0 Å². The normalized spacial score (nSPS) is 17.5. The summed E-state index contributed by atoms with van der Waals surface area (Å²) in [6, 6.07) is 3.75. The standard InChI is InChI=1S/C13H14N4O2S/c18-13(10-4-1-5-14-10)15-8-11-16-12(19-17-11)7-9-3-2-6-20-9/h1-4,6,10,14H,5,7-8H2,(H,15,18). The molecule has 2 N–H and O–H groups in total. The minimum absolute atomic E-state index is 0.0802. The molecule has 1 unspecified atom stereocenters. The molecule has 0 fully saturated rings. The first-order valence-corrected chi connectivity index (χ1v) is 7.21. The number of aromatic nitrogens is 2. The maximum Gasteiger partial charge on any atom is 0.241 e. The van der Waals surface area contributed by atoms with Gasteiger partial charge in [0.05, 0.1) is 13.0 Å². The predicted molar refractivity (Wildman–Crippen MR) is 74.2 cm³/mol. The van der Waals surface area contributed by atoms with Crippen molar-refractivity contribution in [2.75, 3.05) is 6.54 Å². The molecule has 0 aromatic carbocycles. The summed E-state index contributed by atoms with van der Waals surface area (Å²) in [6.45, 7) is 1.00. The van der Waals surface area contributed by atoms with Gasteiger partial charge < -0.3 is 9.84 Å². The Morgan fingerprint density at radius 1 is 1.60 bits per heavy atom. The van der Waals surface area contributed by atoms with Crippen LogP contribution in [0.3, 0.4) is 0 Å². The molecule has 0 bridgehead atoms. The molecule has 6 nitrogen and oxygen atoms in total. The fraction of sp³-hybridized carbons (Fsp3) is 0.308. The number of hydrogen-bond donors (Lipinski definition) is 2. The van der Waals surface area contributed by atoms with Crippen LogP contribution in [-0.4, -0.2) is 28.6 Å². The van der Waals surface area contributed by atoms with Gasteiger partial charge in [0.1, 0.15) is 6.04 Å². The van der Waals surface area contributed by atoms with E-state index in [-0.39, 0.29) is 18.5 Å². The van der Waals surface area contributed by atoms with Crippen LogP contribution in [0.5, 0.6) is 0 Å². The average molecular weight is 290 g/mol. The van der Waals surface area contributed by atoms with E-state index in [9.17, 15) is 4.79 Å². The zero-order chi connectivity index (χ0) is 13.8. The lowest BCUT2D eigenvalue weighted by atomic mass is 10.3. The van der Waals surface area contributed by atoms with Gasteiger partial charge in [-0.3, -0.25) is 10.1 Å². The Kier molecular flexibility index (Phi) is 3.89. The molecule has 1 atom stereocenters. The van der Waals surface area contributed by atoms with Crippen LogP contribution in [0.1, 0.15) is 16.6 Å². The van der Waals surface area contributed by atoms with Crippen molar-refractivity contribution in [1.29, 1.82) is 0 Å².